The zero-order valence-corrected chi connectivity index (χ0v) is 54.5. The Bertz CT molecular complexity index is 1550. The molecule has 0 fully saturated rings. The topological polar surface area (TPSA) is 78.9 Å². The minimum Gasteiger partial charge on any atom is -0.462 e. The number of rotatable bonds is 65. The smallest absolute Gasteiger partial charge is 0.306 e. The first kappa shape index (κ1) is 78.6. The van der Waals surface area contributed by atoms with Crippen molar-refractivity contribution in [2.24, 2.45) is 0 Å². The summed E-state index contributed by atoms with van der Waals surface area (Å²) in [7, 11) is 0. The van der Waals surface area contributed by atoms with E-state index in [1.165, 1.54) is 218 Å². The minimum atomic E-state index is -0.820. The van der Waals surface area contributed by atoms with Crippen molar-refractivity contribution in [3.63, 3.8) is 0 Å². The molecule has 0 spiro atoms. The number of esters is 3. The third-order valence-corrected chi connectivity index (χ3v) is 15.6. The molecule has 0 aliphatic rings. The van der Waals surface area contributed by atoms with Crippen molar-refractivity contribution in [2.45, 2.75) is 367 Å². The van der Waals surface area contributed by atoms with Crippen molar-refractivity contribution in [1.82, 2.24) is 0 Å². The summed E-state index contributed by atoms with van der Waals surface area (Å²) in [4.78, 5) is 38.2. The maximum absolute atomic E-state index is 12.9. The van der Waals surface area contributed by atoms with E-state index in [9.17, 15) is 14.4 Å². The number of hydrogen-bond donors (Lipinski definition) is 0. The average Bonchev–Trinajstić information content (AvgIpc) is 3.48. The van der Waals surface area contributed by atoms with Crippen LogP contribution in [-0.2, 0) is 28.6 Å². The quantitative estimate of drug-likeness (QED) is 0.0261. The van der Waals surface area contributed by atoms with Gasteiger partial charge >= 0.3 is 17.9 Å². The average molecular weight is 1140 g/mol. The Morgan fingerprint density at radius 1 is 0.256 bits per heavy atom. The molecule has 1 unspecified atom stereocenters. The van der Waals surface area contributed by atoms with Gasteiger partial charge in [0.2, 0.25) is 0 Å². The van der Waals surface area contributed by atoms with Crippen molar-refractivity contribution >= 4 is 17.9 Å². The van der Waals surface area contributed by atoms with Gasteiger partial charge in [-0.3, -0.25) is 14.4 Å². The van der Waals surface area contributed by atoms with Crippen LogP contribution in [0.3, 0.4) is 0 Å². The van der Waals surface area contributed by atoms with Crippen LogP contribution in [0, 0.1) is 0 Å². The fraction of sp³-hybridized carbons (Fsp3) is 0.776. The molecular formula is C76H134O6. The molecule has 0 aromatic rings. The maximum Gasteiger partial charge on any atom is 0.306 e. The van der Waals surface area contributed by atoms with Crippen LogP contribution < -0.4 is 0 Å². The van der Waals surface area contributed by atoms with Crippen LogP contribution in [0.15, 0.2) is 85.1 Å². The number of unbranched alkanes of at least 4 members (excludes halogenated alkanes) is 40. The van der Waals surface area contributed by atoms with E-state index in [0.717, 1.165) is 96.3 Å². The van der Waals surface area contributed by atoms with E-state index >= 15 is 0 Å². The van der Waals surface area contributed by atoms with E-state index < -0.39 is 12.1 Å². The first-order chi connectivity index (χ1) is 40.5. The van der Waals surface area contributed by atoms with Crippen LogP contribution in [0.2, 0.25) is 0 Å². The summed E-state index contributed by atoms with van der Waals surface area (Å²) in [5.74, 6) is -0.991. The number of carbonyl (C=O) groups is 3. The van der Waals surface area contributed by atoms with Crippen LogP contribution in [0.4, 0.5) is 0 Å². The molecule has 0 amide bonds. The van der Waals surface area contributed by atoms with Gasteiger partial charge in [0.25, 0.3) is 0 Å². The van der Waals surface area contributed by atoms with Gasteiger partial charge in [-0.15, -0.1) is 0 Å². The van der Waals surface area contributed by atoms with E-state index in [1.807, 2.05) is 6.08 Å². The predicted octanol–water partition coefficient (Wildman–Crippen LogP) is 24.6. The molecule has 0 bridgehead atoms. The lowest BCUT2D eigenvalue weighted by Gasteiger charge is -2.18. The maximum atomic E-state index is 12.9. The van der Waals surface area contributed by atoms with Crippen molar-refractivity contribution < 1.29 is 28.6 Å². The van der Waals surface area contributed by atoms with Gasteiger partial charge in [0.05, 0.1) is 0 Å². The number of hydrogen-bond acceptors (Lipinski definition) is 6. The van der Waals surface area contributed by atoms with E-state index in [2.05, 4.69) is 99.8 Å². The Kier molecular flexibility index (Phi) is 67.2. The van der Waals surface area contributed by atoms with Crippen molar-refractivity contribution in [2.75, 3.05) is 13.2 Å². The Morgan fingerprint density at radius 2 is 0.524 bits per heavy atom. The molecule has 0 aliphatic carbocycles. The molecule has 82 heavy (non-hydrogen) atoms. The molecule has 0 aromatic heterocycles. The third-order valence-electron chi connectivity index (χ3n) is 15.6. The van der Waals surface area contributed by atoms with Gasteiger partial charge in [0.1, 0.15) is 13.2 Å². The molecule has 0 heterocycles. The summed E-state index contributed by atoms with van der Waals surface area (Å²) < 4.78 is 16.8. The molecule has 0 N–H and O–H groups in total. The molecule has 0 saturated carbocycles. The fourth-order valence-corrected chi connectivity index (χ4v) is 10.4. The molecule has 6 nitrogen and oxygen atoms in total. The summed E-state index contributed by atoms with van der Waals surface area (Å²) in [5, 5.41) is 0. The van der Waals surface area contributed by atoms with Crippen LogP contribution in [0.25, 0.3) is 0 Å². The van der Waals surface area contributed by atoms with E-state index in [-0.39, 0.29) is 31.6 Å². The Morgan fingerprint density at radius 3 is 0.841 bits per heavy atom. The van der Waals surface area contributed by atoms with E-state index in [1.54, 1.807) is 0 Å². The van der Waals surface area contributed by atoms with Gasteiger partial charge < -0.3 is 14.2 Å². The summed E-state index contributed by atoms with van der Waals surface area (Å²) in [6.07, 6.45) is 93.9. The lowest BCUT2D eigenvalue weighted by atomic mass is 10.0. The summed E-state index contributed by atoms with van der Waals surface area (Å²) >= 11 is 0. The zero-order valence-electron chi connectivity index (χ0n) is 54.5. The molecule has 0 rings (SSSR count). The van der Waals surface area contributed by atoms with Crippen LogP contribution in [0.5, 0.6) is 0 Å². The molecule has 474 valence electrons. The van der Waals surface area contributed by atoms with Crippen molar-refractivity contribution in [1.29, 1.82) is 0 Å². The van der Waals surface area contributed by atoms with Gasteiger partial charge in [0, 0.05) is 19.3 Å². The van der Waals surface area contributed by atoms with Crippen LogP contribution in [-0.4, -0.2) is 37.2 Å². The van der Waals surface area contributed by atoms with Crippen molar-refractivity contribution in [3.05, 3.63) is 85.1 Å². The normalized spacial score (nSPS) is 12.6. The number of carbonyl (C=O) groups excluding carboxylic acids is 3. The molecule has 0 aromatic carbocycles. The SMILES string of the molecule is CC/C=C\C/C=C\C/C=C\C/C=C\C/C=C\C/C=C\CCC(=O)OC(COC(=O)CCCCCCC/C=C\CCC)COC(=O)CCCCCCCCCCCCCCCCCCCCCCCCCCCCCCCCCCCCC. The van der Waals surface area contributed by atoms with Crippen LogP contribution in [0.1, 0.15) is 361 Å². The molecule has 0 saturated heterocycles. The number of ether oxygens (including phenoxy) is 3. The van der Waals surface area contributed by atoms with Gasteiger partial charge in [-0.25, -0.2) is 0 Å². The molecule has 1 atom stereocenters. The number of allylic oxidation sites excluding steroid dienone is 14. The standard InChI is InChI=1S/C76H134O6/c1-4-7-10-13-16-19-22-24-26-28-30-31-32-33-34-35-36-37-38-39-40-41-42-43-44-45-47-48-50-52-54-57-60-63-66-69-75(78)81-72-73(71-80-74(77)68-65-62-59-56-21-18-15-12-9-6-3)82-76(79)70-67-64-61-58-55-53-51-49-46-29-27-25-23-20-17-14-11-8-5-2/h8,11-12,15,17,20,25,27,46,49,53,55,61,64,73H,4-7,9-10,13-14,16,18-19,21-24,26,28-45,47-48,50-52,54,56-60,62-63,65-72H2,1-3H3/b11-8-,15-12-,20-17-,27-25-,49-46-,55-53-,64-61-. The molecule has 6 heteroatoms. The van der Waals surface area contributed by atoms with E-state index in [0.29, 0.717) is 19.3 Å². The molecule has 0 radical (unpaired) electrons. The zero-order chi connectivity index (χ0) is 59.2. The third kappa shape index (κ3) is 67.4. The first-order valence-corrected chi connectivity index (χ1v) is 35.6. The predicted molar refractivity (Wildman–Crippen MR) is 358 cm³/mol. The fourth-order valence-electron chi connectivity index (χ4n) is 10.4. The van der Waals surface area contributed by atoms with Gasteiger partial charge in [-0.05, 0) is 77.0 Å². The van der Waals surface area contributed by atoms with Crippen LogP contribution >= 0.6 is 0 Å². The van der Waals surface area contributed by atoms with Crippen molar-refractivity contribution in [3.8, 4) is 0 Å². The second-order valence-corrected chi connectivity index (χ2v) is 23.8. The highest BCUT2D eigenvalue weighted by atomic mass is 16.6. The Balaban J connectivity index is 4.10. The summed E-state index contributed by atoms with van der Waals surface area (Å²) in [5.41, 5.74) is 0. The second-order valence-electron chi connectivity index (χ2n) is 23.8. The summed E-state index contributed by atoms with van der Waals surface area (Å²) in [6, 6.07) is 0. The Hall–Kier alpha value is -3.41. The highest BCUT2D eigenvalue weighted by molar-refractivity contribution is 5.71. The van der Waals surface area contributed by atoms with Gasteiger partial charge in [-0.1, -0.05) is 350 Å². The monoisotopic (exact) mass is 1140 g/mol. The molecule has 0 aliphatic heterocycles. The highest BCUT2D eigenvalue weighted by Crippen LogP contribution is 2.18. The largest absolute Gasteiger partial charge is 0.462 e. The molecular weight excluding hydrogens is 1010 g/mol. The summed E-state index contributed by atoms with van der Waals surface area (Å²) in [6.45, 7) is 6.43. The lowest BCUT2D eigenvalue weighted by Crippen LogP contribution is -2.30. The lowest BCUT2D eigenvalue weighted by molar-refractivity contribution is -0.166. The van der Waals surface area contributed by atoms with Gasteiger partial charge in [-0.2, -0.15) is 0 Å². The second kappa shape index (κ2) is 70.1. The van der Waals surface area contributed by atoms with Gasteiger partial charge in [0.15, 0.2) is 6.10 Å². The Labute approximate surface area is 509 Å². The minimum absolute atomic E-state index is 0.107. The first-order valence-electron chi connectivity index (χ1n) is 35.6. The van der Waals surface area contributed by atoms with E-state index in [4.69, 9.17) is 14.2 Å². The highest BCUT2D eigenvalue weighted by Gasteiger charge is 2.19.